The second-order valence-corrected chi connectivity index (χ2v) is 3.74. The molecule has 0 heterocycles. The van der Waals surface area contributed by atoms with Gasteiger partial charge in [0.05, 0.1) is 6.26 Å². The molecule has 0 fully saturated rings. The van der Waals surface area contributed by atoms with E-state index in [9.17, 15) is 16.5 Å². The zero-order valence-electron chi connectivity index (χ0n) is 3.92. The molecule has 0 amide bonds. The minimum absolute atomic E-state index is 0.713. The summed E-state index contributed by atoms with van der Waals surface area (Å²) in [7, 11) is -3.65. The van der Waals surface area contributed by atoms with Crippen molar-refractivity contribution in [3.05, 3.63) is 0 Å². The Labute approximate surface area is 49.0 Å². The number of nitrogens with one attached hydrogen (secondary N) is 1. The fraction of sp³-hybridized carbons (Fsp3) is 1.00. The molecular weight excluding hydrogens is 157 g/mol. The first-order valence-electron chi connectivity index (χ1n) is 1.47. The predicted molar refractivity (Wildman–Crippen MR) is 27.2 cm³/mol. The molecule has 0 spiro atoms. The van der Waals surface area contributed by atoms with Gasteiger partial charge in [-0.05, 0) is 0 Å². The third-order valence-corrected chi connectivity index (χ3v) is 1.95. The van der Waals surface area contributed by atoms with E-state index in [0.717, 1.165) is 4.13 Å². The predicted octanol–water partition coefficient (Wildman–Crippen LogP) is -0.916. The molecule has 1 atom stereocenters. The van der Waals surface area contributed by atoms with Crippen molar-refractivity contribution in [2.75, 3.05) is 6.26 Å². The zero-order valence-corrected chi connectivity index (χ0v) is 5.55. The molecule has 0 radical (unpaired) electrons. The molecule has 0 saturated heterocycles. The number of rotatable bonds is 2. The van der Waals surface area contributed by atoms with E-state index in [0.29, 0.717) is 6.26 Å². The van der Waals surface area contributed by atoms with Gasteiger partial charge in [-0.25, -0.2) is 12.6 Å². The third kappa shape index (κ3) is 5.99. The summed E-state index contributed by atoms with van der Waals surface area (Å²) in [6, 6.07) is 0. The van der Waals surface area contributed by atoms with Crippen LogP contribution in [-0.2, 0) is 21.4 Å². The van der Waals surface area contributed by atoms with E-state index < -0.39 is 21.4 Å². The quantitative estimate of drug-likeness (QED) is 0.533. The molecule has 0 saturated carbocycles. The summed E-state index contributed by atoms with van der Waals surface area (Å²) in [4.78, 5) is 0. The van der Waals surface area contributed by atoms with E-state index >= 15 is 0 Å². The van der Waals surface area contributed by atoms with Gasteiger partial charge >= 0.3 is 0 Å². The summed E-state index contributed by atoms with van der Waals surface area (Å²) in [5, 5.41) is 0. The largest absolute Gasteiger partial charge is 0.288 e. The third-order valence-electron chi connectivity index (χ3n) is 0.217. The van der Waals surface area contributed by atoms with Crippen molar-refractivity contribution in [2.24, 2.45) is 0 Å². The van der Waals surface area contributed by atoms with E-state index in [1.807, 2.05) is 0 Å². The highest BCUT2D eigenvalue weighted by molar-refractivity contribution is 7.99. The fourth-order valence-electron chi connectivity index (χ4n) is 0.119. The van der Waals surface area contributed by atoms with Gasteiger partial charge in [-0.3, -0.25) is 0 Å². The van der Waals surface area contributed by atoms with Crippen LogP contribution in [0.3, 0.4) is 0 Å². The van der Waals surface area contributed by atoms with Crippen LogP contribution >= 0.6 is 0 Å². The lowest BCUT2D eigenvalue weighted by molar-refractivity contribution is 0.595. The number of halogens is 1. The van der Waals surface area contributed by atoms with E-state index in [-0.39, 0.29) is 0 Å². The molecule has 7 heteroatoms. The lowest BCUT2D eigenvalue weighted by Crippen LogP contribution is -2.20. The normalized spacial score (nSPS) is 15.8. The molecule has 50 valence electrons. The van der Waals surface area contributed by atoms with Crippen molar-refractivity contribution in [3.63, 3.8) is 0 Å². The molecule has 0 aromatic heterocycles. The highest BCUT2D eigenvalue weighted by Gasteiger charge is 2.03. The molecule has 0 aliphatic heterocycles. The SMILES string of the molecule is CS(=O)(=O)NS(=O)F. The lowest BCUT2D eigenvalue weighted by atomic mass is 12.0. The maximum atomic E-state index is 11.2. The van der Waals surface area contributed by atoms with Crippen LogP contribution in [0.1, 0.15) is 0 Å². The van der Waals surface area contributed by atoms with Gasteiger partial charge in [0.15, 0.2) is 0 Å². The number of hydrogen-bond donors (Lipinski definition) is 1. The maximum absolute atomic E-state index is 11.2. The van der Waals surface area contributed by atoms with Crippen LogP contribution < -0.4 is 4.13 Å². The van der Waals surface area contributed by atoms with Crippen LogP contribution in [0, 0.1) is 0 Å². The Bertz CT molecular complexity index is 183. The van der Waals surface area contributed by atoms with Gasteiger partial charge in [0.2, 0.25) is 10.0 Å². The minimum atomic E-state index is -3.65. The van der Waals surface area contributed by atoms with Crippen molar-refractivity contribution in [1.82, 2.24) is 4.13 Å². The van der Waals surface area contributed by atoms with Gasteiger partial charge in [0.25, 0.3) is 11.4 Å². The van der Waals surface area contributed by atoms with Crippen molar-refractivity contribution >= 4 is 21.4 Å². The molecule has 0 aromatic rings. The summed E-state index contributed by atoms with van der Waals surface area (Å²) < 4.78 is 41.5. The van der Waals surface area contributed by atoms with Gasteiger partial charge in [-0.2, -0.15) is 0 Å². The minimum Gasteiger partial charge on any atom is -0.212 e. The molecule has 0 aromatic carbocycles. The topological polar surface area (TPSA) is 63.2 Å². The monoisotopic (exact) mass is 161 g/mol. The Balaban J connectivity index is 3.95. The Morgan fingerprint density at radius 3 is 2.00 bits per heavy atom. The first-order chi connectivity index (χ1) is 3.42. The highest BCUT2D eigenvalue weighted by Crippen LogP contribution is 1.78. The Hall–Kier alpha value is -0.0100. The Kier molecular flexibility index (Phi) is 2.51. The summed E-state index contributed by atoms with van der Waals surface area (Å²) in [6.45, 7) is 0. The standard InChI is InChI=1S/CH4FNO3S2/c1-8(5,6)3-7(2)4/h3H,1H3. The summed E-state index contributed by atoms with van der Waals surface area (Å²) in [5.74, 6) is 0. The average Bonchev–Trinajstić information content (AvgIpc) is 1.21. The smallest absolute Gasteiger partial charge is 0.212 e. The number of hydrogen-bond acceptors (Lipinski definition) is 3. The van der Waals surface area contributed by atoms with Crippen molar-refractivity contribution < 1.29 is 16.5 Å². The molecule has 0 rings (SSSR count). The maximum Gasteiger partial charge on any atom is 0.288 e. The zero-order chi connectivity index (χ0) is 6.78. The van der Waals surface area contributed by atoms with Crippen LogP contribution in [0.5, 0.6) is 0 Å². The van der Waals surface area contributed by atoms with E-state index in [4.69, 9.17) is 0 Å². The molecule has 8 heavy (non-hydrogen) atoms. The molecule has 0 aliphatic rings. The lowest BCUT2D eigenvalue weighted by Gasteiger charge is -1.88. The summed E-state index contributed by atoms with van der Waals surface area (Å²) in [5.41, 5.74) is 0. The highest BCUT2D eigenvalue weighted by atomic mass is 32.3. The number of sulfonamides is 1. The van der Waals surface area contributed by atoms with E-state index in [1.165, 1.54) is 0 Å². The second-order valence-electron chi connectivity index (χ2n) is 1.08. The molecule has 4 nitrogen and oxygen atoms in total. The van der Waals surface area contributed by atoms with E-state index in [2.05, 4.69) is 0 Å². The van der Waals surface area contributed by atoms with E-state index in [1.54, 1.807) is 0 Å². The Morgan fingerprint density at radius 1 is 1.62 bits per heavy atom. The van der Waals surface area contributed by atoms with Crippen molar-refractivity contribution in [1.29, 1.82) is 0 Å². The molecule has 1 N–H and O–H groups in total. The van der Waals surface area contributed by atoms with Crippen molar-refractivity contribution in [3.8, 4) is 0 Å². The fourth-order valence-corrected chi connectivity index (χ4v) is 1.07. The van der Waals surface area contributed by atoms with Crippen LogP contribution in [0.2, 0.25) is 0 Å². The molecule has 0 bridgehead atoms. The van der Waals surface area contributed by atoms with Gasteiger partial charge in [0, 0.05) is 0 Å². The molecule has 0 aliphatic carbocycles. The average molecular weight is 161 g/mol. The van der Waals surface area contributed by atoms with Crippen LogP contribution in [-0.4, -0.2) is 18.9 Å². The van der Waals surface area contributed by atoms with Crippen LogP contribution in [0.4, 0.5) is 3.89 Å². The molecule has 1 unspecified atom stereocenters. The summed E-state index contributed by atoms with van der Waals surface area (Å²) >= 11 is -2.97. The second kappa shape index (κ2) is 2.51. The first-order valence-corrected chi connectivity index (χ1v) is 4.41. The van der Waals surface area contributed by atoms with Crippen LogP contribution in [0.25, 0.3) is 0 Å². The van der Waals surface area contributed by atoms with Crippen LogP contribution in [0.15, 0.2) is 0 Å². The molecular formula is CH4FNO3S2. The van der Waals surface area contributed by atoms with Crippen molar-refractivity contribution in [2.45, 2.75) is 0 Å². The van der Waals surface area contributed by atoms with Gasteiger partial charge in [-0.15, -0.1) is 8.01 Å². The summed E-state index contributed by atoms with van der Waals surface area (Å²) in [6.07, 6.45) is 0.713. The van der Waals surface area contributed by atoms with Gasteiger partial charge in [0.1, 0.15) is 0 Å². The Morgan fingerprint density at radius 2 is 2.00 bits per heavy atom. The van der Waals surface area contributed by atoms with Gasteiger partial charge < -0.3 is 0 Å². The first kappa shape index (κ1) is 7.99. The van der Waals surface area contributed by atoms with Gasteiger partial charge in [-0.1, -0.05) is 0 Å².